The molecule has 0 spiro atoms. The number of anilines is 1. The van der Waals surface area contributed by atoms with E-state index >= 15 is 0 Å². The van der Waals surface area contributed by atoms with Gasteiger partial charge >= 0.3 is 0 Å². The fourth-order valence-electron chi connectivity index (χ4n) is 3.45. The molecule has 0 radical (unpaired) electrons. The maximum absolute atomic E-state index is 11.6. The molecule has 0 fully saturated rings. The van der Waals surface area contributed by atoms with Crippen LogP contribution >= 0.6 is 11.6 Å². The molecule has 1 unspecified atom stereocenters. The molecule has 2 aromatic carbocycles. The Balaban J connectivity index is 1.89. The molecular weight excluding hydrogens is 324 g/mol. The highest BCUT2D eigenvalue weighted by Gasteiger charge is 2.26. The number of amides is 1. The fourth-order valence-corrected chi connectivity index (χ4v) is 3.73. The van der Waals surface area contributed by atoms with Crippen molar-refractivity contribution in [1.82, 2.24) is 5.48 Å². The third-order valence-corrected chi connectivity index (χ3v) is 4.84. The van der Waals surface area contributed by atoms with Crippen molar-refractivity contribution < 1.29 is 9.63 Å². The number of halogens is 1. The van der Waals surface area contributed by atoms with Crippen molar-refractivity contribution in [2.24, 2.45) is 0 Å². The SMILES string of the molecule is CC1=C(c2cccc(Cl)c2-c2ccc3c(c2)CC(=O)N3)C(C)NO1. The lowest BCUT2D eigenvalue weighted by molar-refractivity contribution is -0.115. The Labute approximate surface area is 145 Å². The van der Waals surface area contributed by atoms with Gasteiger partial charge in [-0.25, -0.2) is 0 Å². The van der Waals surface area contributed by atoms with Crippen LogP contribution in [0.3, 0.4) is 0 Å². The molecule has 4 rings (SSSR count). The minimum atomic E-state index is 0.0297. The van der Waals surface area contributed by atoms with Crippen LogP contribution < -0.4 is 10.8 Å². The predicted molar refractivity (Wildman–Crippen MR) is 95.5 cm³/mol. The van der Waals surface area contributed by atoms with E-state index in [9.17, 15) is 4.79 Å². The van der Waals surface area contributed by atoms with Crippen LogP contribution in [0.25, 0.3) is 16.7 Å². The van der Waals surface area contributed by atoms with E-state index in [4.69, 9.17) is 16.4 Å². The minimum absolute atomic E-state index is 0.0297. The Hall–Kier alpha value is -2.30. The van der Waals surface area contributed by atoms with Gasteiger partial charge in [0.1, 0.15) is 5.76 Å². The maximum Gasteiger partial charge on any atom is 0.228 e. The van der Waals surface area contributed by atoms with Gasteiger partial charge in [0.05, 0.1) is 12.5 Å². The summed E-state index contributed by atoms with van der Waals surface area (Å²) in [5.41, 5.74) is 9.00. The molecule has 2 N–H and O–H groups in total. The maximum atomic E-state index is 11.6. The Morgan fingerprint density at radius 3 is 2.83 bits per heavy atom. The molecule has 24 heavy (non-hydrogen) atoms. The summed E-state index contributed by atoms with van der Waals surface area (Å²) in [6, 6.07) is 12.0. The molecule has 0 bridgehead atoms. The lowest BCUT2D eigenvalue weighted by Gasteiger charge is -2.16. The molecule has 0 aromatic heterocycles. The quantitative estimate of drug-likeness (QED) is 0.863. The molecular formula is C19H17ClN2O2. The smallest absolute Gasteiger partial charge is 0.228 e. The van der Waals surface area contributed by atoms with Gasteiger partial charge in [0, 0.05) is 21.8 Å². The second-order valence-corrected chi connectivity index (χ2v) is 6.58. The number of benzene rings is 2. The summed E-state index contributed by atoms with van der Waals surface area (Å²) in [5.74, 6) is 0.881. The Morgan fingerprint density at radius 1 is 1.25 bits per heavy atom. The molecule has 0 saturated heterocycles. The van der Waals surface area contributed by atoms with Crippen molar-refractivity contribution >= 4 is 28.8 Å². The number of carbonyl (C=O) groups is 1. The van der Waals surface area contributed by atoms with Gasteiger partial charge in [0.25, 0.3) is 0 Å². The number of hydrogen-bond acceptors (Lipinski definition) is 3. The number of hydroxylamine groups is 1. The van der Waals surface area contributed by atoms with E-state index in [-0.39, 0.29) is 11.9 Å². The summed E-state index contributed by atoms with van der Waals surface area (Å²) < 4.78 is 0. The Bertz CT molecular complexity index is 889. The first-order valence-corrected chi connectivity index (χ1v) is 8.27. The second kappa shape index (κ2) is 5.65. The molecule has 1 atom stereocenters. The first-order valence-electron chi connectivity index (χ1n) is 7.90. The number of allylic oxidation sites excluding steroid dienone is 1. The van der Waals surface area contributed by atoms with Crippen molar-refractivity contribution in [3.8, 4) is 11.1 Å². The first kappa shape index (κ1) is 15.2. The van der Waals surface area contributed by atoms with Gasteiger partial charge in [-0.05, 0) is 48.7 Å². The van der Waals surface area contributed by atoms with Gasteiger partial charge in [-0.2, -0.15) is 0 Å². The van der Waals surface area contributed by atoms with Crippen LogP contribution in [0.15, 0.2) is 42.2 Å². The zero-order valence-corrected chi connectivity index (χ0v) is 14.2. The average molecular weight is 341 g/mol. The summed E-state index contributed by atoms with van der Waals surface area (Å²) in [6.45, 7) is 4.00. The van der Waals surface area contributed by atoms with E-state index in [2.05, 4.69) is 23.8 Å². The van der Waals surface area contributed by atoms with E-state index in [1.165, 1.54) is 0 Å². The Morgan fingerprint density at radius 2 is 2.08 bits per heavy atom. The van der Waals surface area contributed by atoms with Gasteiger partial charge in [-0.15, -0.1) is 5.48 Å². The van der Waals surface area contributed by atoms with Crippen LogP contribution in [0.1, 0.15) is 25.0 Å². The van der Waals surface area contributed by atoms with Crippen LogP contribution in [0, 0.1) is 0 Å². The van der Waals surface area contributed by atoms with Crippen LogP contribution in [0.5, 0.6) is 0 Å². The zero-order valence-electron chi connectivity index (χ0n) is 13.4. The molecule has 0 saturated carbocycles. The summed E-state index contributed by atoms with van der Waals surface area (Å²) >= 11 is 6.55. The van der Waals surface area contributed by atoms with Gasteiger partial charge in [0.2, 0.25) is 5.91 Å². The van der Waals surface area contributed by atoms with Gasteiger partial charge in [-0.1, -0.05) is 29.8 Å². The van der Waals surface area contributed by atoms with E-state index in [0.29, 0.717) is 11.4 Å². The molecule has 5 heteroatoms. The van der Waals surface area contributed by atoms with Gasteiger partial charge < -0.3 is 10.2 Å². The van der Waals surface area contributed by atoms with Crippen molar-refractivity contribution in [2.45, 2.75) is 26.3 Å². The second-order valence-electron chi connectivity index (χ2n) is 6.17. The molecule has 2 aromatic rings. The summed E-state index contributed by atoms with van der Waals surface area (Å²) in [6.07, 6.45) is 0.408. The van der Waals surface area contributed by atoms with Gasteiger partial charge in [-0.3, -0.25) is 4.79 Å². The van der Waals surface area contributed by atoms with E-state index in [0.717, 1.165) is 39.3 Å². The fraction of sp³-hybridized carbons (Fsp3) is 0.211. The van der Waals surface area contributed by atoms with E-state index < -0.39 is 0 Å². The minimum Gasteiger partial charge on any atom is -0.413 e. The highest BCUT2D eigenvalue weighted by Crippen LogP contribution is 2.40. The average Bonchev–Trinajstić information content (AvgIpc) is 3.07. The first-order chi connectivity index (χ1) is 11.5. The lowest BCUT2D eigenvalue weighted by atomic mass is 9.90. The number of hydrogen-bond donors (Lipinski definition) is 2. The monoisotopic (exact) mass is 340 g/mol. The van der Waals surface area contributed by atoms with Gasteiger partial charge in [0.15, 0.2) is 0 Å². The number of fused-ring (bicyclic) bond motifs is 1. The summed E-state index contributed by atoms with van der Waals surface area (Å²) in [4.78, 5) is 17.1. The molecule has 2 aliphatic rings. The topological polar surface area (TPSA) is 50.4 Å². The van der Waals surface area contributed by atoms with Crippen molar-refractivity contribution in [1.29, 1.82) is 0 Å². The molecule has 122 valence electrons. The standard InChI is InChI=1S/C19H17ClN2O2/c1-10-18(11(2)24-22-10)14-4-3-5-15(20)19(14)12-6-7-16-13(8-12)9-17(23)21-16/h3-8,10,22H,9H2,1-2H3,(H,21,23). The molecule has 2 heterocycles. The number of nitrogens with one attached hydrogen (secondary N) is 2. The van der Waals surface area contributed by atoms with Crippen molar-refractivity contribution in [2.75, 3.05) is 5.32 Å². The third kappa shape index (κ3) is 2.39. The predicted octanol–water partition coefficient (Wildman–Crippen LogP) is 4.16. The molecule has 1 amide bonds. The number of rotatable bonds is 2. The Kier molecular flexibility index (Phi) is 3.59. The van der Waals surface area contributed by atoms with E-state index in [1.807, 2.05) is 37.3 Å². The third-order valence-electron chi connectivity index (χ3n) is 4.52. The summed E-state index contributed by atoms with van der Waals surface area (Å²) in [5, 5.41) is 3.55. The van der Waals surface area contributed by atoms with Crippen LogP contribution in [-0.2, 0) is 16.1 Å². The molecule has 2 aliphatic heterocycles. The van der Waals surface area contributed by atoms with Crippen molar-refractivity contribution in [3.63, 3.8) is 0 Å². The highest BCUT2D eigenvalue weighted by atomic mass is 35.5. The van der Waals surface area contributed by atoms with E-state index in [1.54, 1.807) is 0 Å². The van der Waals surface area contributed by atoms with Crippen LogP contribution in [0.4, 0.5) is 5.69 Å². The lowest BCUT2D eigenvalue weighted by Crippen LogP contribution is -2.19. The zero-order chi connectivity index (χ0) is 16.8. The molecule has 4 nitrogen and oxygen atoms in total. The number of carbonyl (C=O) groups excluding carboxylic acids is 1. The van der Waals surface area contributed by atoms with Crippen molar-refractivity contribution in [3.05, 3.63) is 58.3 Å². The molecule has 0 aliphatic carbocycles. The summed E-state index contributed by atoms with van der Waals surface area (Å²) in [7, 11) is 0. The highest BCUT2D eigenvalue weighted by molar-refractivity contribution is 6.33. The van der Waals surface area contributed by atoms with Crippen LogP contribution in [0.2, 0.25) is 5.02 Å². The largest absolute Gasteiger partial charge is 0.413 e. The van der Waals surface area contributed by atoms with Crippen LogP contribution in [-0.4, -0.2) is 11.9 Å². The normalized spacial score (nSPS) is 19.3.